The maximum atomic E-state index is 12.4. The second kappa shape index (κ2) is 7.09. The highest BCUT2D eigenvalue weighted by atomic mass is 35.5. The first kappa shape index (κ1) is 16.6. The molecule has 2 heterocycles. The first-order valence-electron chi connectivity index (χ1n) is 7.81. The monoisotopic (exact) mass is 349 g/mol. The van der Waals surface area contributed by atoms with Crippen LogP contribution in [0.25, 0.3) is 0 Å². The third-order valence-electron chi connectivity index (χ3n) is 4.23. The highest BCUT2D eigenvalue weighted by Crippen LogP contribution is 2.33. The Balaban J connectivity index is 1.63. The summed E-state index contributed by atoms with van der Waals surface area (Å²) in [6.45, 7) is 3.35. The van der Waals surface area contributed by atoms with E-state index in [2.05, 4.69) is 20.3 Å². The Bertz CT molecular complexity index is 706. The molecule has 0 aliphatic carbocycles. The zero-order chi connectivity index (χ0) is 17.1. The van der Waals surface area contributed by atoms with Gasteiger partial charge in [0.25, 0.3) is 0 Å². The molecule has 1 saturated heterocycles. The summed E-state index contributed by atoms with van der Waals surface area (Å²) in [6, 6.07) is 5.24. The Morgan fingerprint density at radius 3 is 3.04 bits per heavy atom. The second-order valence-corrected chi connectivity index (χ2v) is 6.24. The predicted molar refractivity (Wildman–Crippen MR) is 91.5 cm³/mol. The van der Waals surface area contributed by atoms with Crippen LogP contribution in [0.3, 0.4) is 0 Å². The molecule has 0 bridgehead atoms. The molecule has 0 unspecified atom stereocenters. The highest BCUT2D eigenvalue weighted by molar-refractivity contribution is 6.30. The quantitative estimate of drug-likeness (QED) is 0.892. The number of amides is 1. The maximum absolute atomic E-state index is 12.4. The lowest BCUT2D eigenvalue weighted by Crippen LogP contribution is -2.40. The summed E-state index contributed by atoms with van der Waals surface area (Å²) in [4.78, 5) is 18.4. The van der Waals surface area contributed by atoms with Crippen molar-refractivity contribution in [2.75, 3.05) is 25.1 Å². The van der Waals surface area contributed by atoms with Crippen LogP contribution in [0, 0.1) is 0 Å². The fourth-order valence-corrected chi connectivity index (χ4v) is 3.03. The fraction of sp³-hybridized carbons (Fsp3) is 0.438. The number of ether oxygens (including phenoxy) is 1. The van der Waals surface area contributed by atoms with Crippen molar-refractivity contribution in [3.63, 3.8) is 0 Å². The van der Waals surface area contributed by atoms with Crippen molar-refractivity contribution in [3.05, 3.63) is 35.9 Å². The third kappa shape index (κ3) is 3.46. The van der Waals surface area contributed by atoms with Gasteiger partial charge in [0, 0.05) is 24.2 Å². The van der Waals surface area contributed by atoms with Crippen molar-refractivity contribution in [1.29, 1.82) is 0 Å². The number of aromatic nitrogens is 3. The van der Waals surface area contributed by atoms with Crippen LogP contribution in [0.1, 0.15) is 19.4 Å². The molecular weight excluding hydrogens is 330 g/mol. The predicted octanol–water partition coefficient (Wildman–Crippen LogP) is 1.90. The van der Waals surface area contributed by atoms with E-state index in [1.807, 2.05) is 12.1 Å². The van der Waals surface area contributed by atoms with Gasteiger partial charge in [-0.15, -0.1) is 0 Å². The molecule has 1 aromatic heterocycles. The molecule has 24 heavy (non-hydrogen) atoms. The summed E-state index contributed by atoms with van der Waals surface area (Å²) in [7, 11) is 1.64. The molecule has 0 spiro atoms. The van der Waals surface area contributed by atoms with E-state index in [1.54, 1.807) is 31.1 Å². The standard InChI is InChI=1S/C16H20ClN5O2/c1-11(22-10-18-9-19-22)16(23)20-13-5-6-21(8-13)14-7-12(17)3-4-15(14)24-2/h3-4,7,9-11,13H,5-6,8H2,1-2H3,(H,20,23)/t11-,13-/m1/s1. The van der Waals surface area contributed by atoms with Gasteiger partial charge in [0.15, 0.2) is 0 Å². The number of nitrogens with zero attached hydrogens (tertiary/aromatic N) is 4. The summed E-state index contributed by atoms with van der Waals surface area (Å²) in [5.74, 6) is 0.716. The Morgan fingerprint density at radius 2 is 2.33 bits per heavy atom. The molecule has 8 heteroatoms. The van der Waals surface area contributed by atoms with Crippen LogP contribution in [-0.2, 0) is 4.79 Å². The van der Waals surface area contributed by atoms with Crippen molar-refractivity contribution in [2.45, 2.75) is 25.4 Å². The molecule has 2 atom stereocenters. The number of nitrogens with one attached hydrogen (secondary N) is 1. The number of anilines is 1. The molecular formula is C16H20ClN5O2. The van der Waals surface area contributed by atoms with E-state index < -0.39 is 0 Å². The molecule has 1 fully saturated rings. The first-order valence-corrected chi connectivity index (χ1v) is 8.19. The zero-order valence-electron chi connectivity index (χ0n) is 13.6. The number of hydrogen-bond acceptors (Lipinski definition) is 5. The van der Waals surface area contributed by atoms with Crippen LogP contribution in [-0.4, -0.2) is 46.9 Å². The van der Waals surface area contributed by atoms with Crippen LogP contribution in [0.2, 0.25) is 5.02 Å². The fourth-order valence-electron chi connectivity index (χ4n) is 2.87. The van der Waals surface area contributed by atoms with Gasteiger partial charge in [0.05, 0.1) is 12.8 Å². The van der Waals surface area contributed by atoms with Gasteiger partial charge < -0.3 is 15.0 Å². The minimum absolute atomic E-state index is 0.0644. The minimum atomic E-state index is -0.387. The molecule has 128 valence electrons. The van der Waals surface area contributed by atoms with Gasteiger partial charge in [-0.05, 0) is 31.5 Å². The number of rotatable bonds is 5. The summed E-state index contributed by atoms with van der Waals surface area (Å²) < 4.78 is 6.95. The molecule has 1 aromatic carbocycles. The highest BCUT2D eigenvalue weighted by Gasteiger charge is 2.27. The van der Waals surface area contributed by atoms with Crippen LogP contribution >= 0.6 is 11.6 Å². The Labute approximate surface area is 145 Å². The minimum Gasteiger partial charge on any atom is -0.495 e. The number of carbonyl (C=O) groups is 1. The van der Waals surface area contributed by atoms with Crippen molar-refractivity contribution in [1.82, 2.24) is 20.1 Å². The topological polar surface area (TPSA) is 72.3 Å². The van der Waals surface area contributed by atoms with Gasteiger partial charge in [0.2, 0.25) is 5.91 Å². The molecule has 1 aliphatic rings. The van der Waals surface area contributed by atoms with Gasteiger partial charge >= 0.3 is 0 Å². The van der Waals surface area contributed by atoms with Gasteiger partial charge in [-0.1, -0.05) is 11.6 Å². The molecule has 0 radical (unpaired) electrons. The van der Waals surface area contributed by atoms with E-state index in [-0.39, 0.29) is 18.0 Å². The van der Waals surface area contributed by atoms with Crippen molar-refractivity contribution >= 4 is 23.2 Å². The van der Waals surface area contributed by atoms with Gasteiger partial charge in [-0.2, -0.15) is 5.10 Å². The summed E-state index contributed by atoms with van der Waals surface area (Å²) in [6.07, 6.45) is 3.83. The second-order valence-electron chi connectivity index (χ2n) is 5.81. The molecule has 2 aromatic rings. The van der Waals surface area contributed by atoms with Gasteiger partial charge in [-0.25, -0.2) is 9.67 Å². The summed E-state index contributed by atoms with van der Waals surface area (Å²) in [5, 5.41) is 7.75. The maximum Gasteiger partial charge on any atom is 0.244 e. The lowest BCUT2D eigenvalue weighted by Gasteiger charge is -2.22. The van der Waals surface area contributed by atoms with E-state index in [1.165, 1.54) is 6.33 Å². The molecule has 1 N–H and O–H groups in total. The molecule has 0 saturated carbocycles. The number of carbonyl (C=O) groups excluding carboxylic acids is 1. The average Bonchev–Trinajstić information content (AvgIpc) is 3.26. The molecule has 3 rings (SSSR count). The number of hydrogen-bond donors (Lipinski definition) is 1. The zero-order valence-corrected chi connectivity index (χ0v) is 14.4. The van der Waals surface area contributed by atoms with Gasteiger partial charge in [-0.3, -0.25) is 4.79 Å². The van der Waals surface area contributed by atoms with Crippen LogP contribution < -0.4 is 15.0 Å². The molecule has 1 amide bonds. The Kier molecular flexibility index (Phi) is 4.89. The number of methoxy groups -OCH3 is 1. The third-order valence-corrected chi connectivity index (χ3v) is 4.46. The van der Waals surface area contributed by atoms with Crippen LogP contribution in [0.4, 0.5) is 5.69 Å². The lowest BCUT2D eigenvalue weighted by atomic mass is 10.2. The summed E-state index contributed by atoms with van der Waals surface area (Å²) in [5.41, 5.74) is 0.950. The van der Waals surface area contributed by atoms with Crippen molar-refractivity contribution in [2.24, 2.45) is 0 Å². The first-order chi connectivity index (χ1) is 11.6. The largest absolute Gasteiger partial charge is 0.495 e. The van der Waals surface area contributed by atoms with E-state index in [4.69, 9.17) is 16.3 Å². The summed E-state index contributed by atoms with van der Waals surface area (Å²) >= 11 is 6.10. The molecule has 1 aliphatic heterocycles. The number of halogens is 1. The van der Waals surface area contributed by atoms with Crippen LogP contribution in [0.15, 0.2) is 30.9 Å². The normalized spacial score (nSPS) is 18.5. The molecule has 7 nitrogen and oxygen atoms in total. The smallest absolute Gasteiger partial charge is 0.244 e. The number of benzene rings is 1. The van der Waals surface area contributed by atoms with Crippen molar-refractivity contribution in [3.8, 4) is 5.75 Å². The SMILES string of the molecule is COc1ccc(Cl)cc1N1CC[C@@H](NC(=O)[C@@H](C)n2cncn2)C1. The Hall–Kier alpha value is -2.28. The lowest BCUT2D eigenvalue weighted by molar-refractivity contribution is -0.124. The van der Waals surface area contributed by atoms with E-state index in [0.717, 1.165) is 24.4 Å². The van der Waals surface area contributed by atoms with Crippen molar-refractivity contribution < 1.29 is 9.53 Å². The van der Waals surface area contributed by atoms with E-state index >= 15 is 0 Å². The van der Waals surface area contributed by atoms with E-state index in [0.29, 0.717) is 11.6 Å². The Morgan fingerprint density at radius 1 is 1.50 bits per heavy atom. The average molecular weight is 350 g/mol. The van der Waals surface area contributed by atoms with Crippen LogP contribution in [0.5, 0.6) is 5.75 Å². The van der Waals surface area contributed by atoms with Gasteiger partial charge in [0.1, 0.15) is 24.4 Å². The van der Waals surface area contributed by atoms with E-state index in [9.17, 15) is 4.79 Å².